The van der Waals surface area contributed by atoms with Crippen molar-refractivity contribution in [2.24, 2.45) is 0 Å². The van der Waals surface area contributed by atoms with Crippen LogP contribution in [-0.2, 0) is 21.4 Å². The van der Waals surface area contributed by atoms with E-state index < -0.39 is 5.97 Å². The highest BCUT2D eigenvalue weighted by Gasteiger charge is 2.43. The van der Waals surface area contributed by atoms with Gasteiger partial charge in [-0.15, -0.1) is 11.8 Å². The van der Waals surface area contributed by atoms with Crippen molar-refractivity contribution < 1.29 is 14.7 Å². The van der Waals surface area contributed by atoms with Crippen LogP contribution in [-0.4, -0.2) is 49.4 Å². The third kappa shape index (κ3) is 3.27. The number of carboxylic acids is 1. The average Bonchev–Trinajstić information content (AvgIpc) is 2.81. The Balaban J connectivity index is 1.79. The van der Waals surface area contributed by atoms with Gasteiger partial charge in [-0.2, -0.15) is 0 Å². The maximum atomic E-state index is 12.5. The summed E-state index contributed by atoms with van der Waals surface area (Å²) in [6.45, 7) is 6.30. The standard InChI is InChI=1S/C17H23N3O3S/c1-17(2,3)16-18-7-11-12(19-16)6-10-4-5-13(11)20(10)14(21)8-24-9-15(22)23/h7,10,13H,4-6,8-9H2,1-3H3,(H,22,23). The third-order valence-corrected chi connectivity index (χ3v) is 5.50. The number of aliphatic carboxylic acids is 1. The van der Waals surface area contributed by atoms with E-state index in [9.17, 15) is 9.59 Å². The fourth-order valence-corrected chi connectivity index (χ4v) is 4.12. The fourth-order valence-electron chi connectivity index (χ4n) is 3.52. The molecule has 2 aliphatic heterocycles. The van der Waals surface area contributed by atoms with Crippen molar-refractivity contribution in [3.63, 3.8) is 0 Å². The van der Waals surface area contributed by atoms with Crippen LogP contribution in [0.4, 0.5) is 0 Å². The van der Waals surface area contributed by atoms with E-state index in [-0.39, 0.29) is 34.9 Å². The van der Waals surface area contributed by atoms with E-state index in [1.807, 2.05) is 11.1 Å². The van der Waals surface area contributed by atoms with Crippen LogP contribution in [0.25, 0.3) is 0 Å². The second-order valence-corrected chi connectivity index (χ2v) is 8.47. The Labute approximate surface area is 146 Å². The van der Waals surface area contributed by atoms with E-state index in [0.717, 1.165) is 48.1 Å². The van der Waals surface area contributed by atoms with E-state index in [1.54, 1.807) is 0 Å². The van der Waals surface area contributed by atoms with E-state index in [2.05, 4.69) is 25.8 Å². The number of hydrogen-bond donors (Lipinski definition) is 1. The van der Waals surface area contributed by atoms with Crippen LogP contribution >= 0.6 is 11.8 Å². The number of carbonyl (C=O) groups is 2. The van der Waals surface area contributed by atoms with Crippen LogP contribution in [0.15, 0.2) is 6.20 Å². The van der Waals surface area contributed by atoms with Crippen molar-refractivity contribution in [2.75, 3.05) is 11.5 Å². The lowest BCUT2D eigenvalue weighted by atomic mass is 9.93. The molecule has 0 radical (unpaired) electrons. The first-order valence-corrected chi connectivity index (χ1v) is 9.40. The van der Waals surface area contributed by atoms with E-state index >= 15 is 0 Å². The molecule has 1 N–H and O–H groups in total. The van der Waals surface area contributed by atoms with Crippen LogP contribution in [0.2, 0.25) is 0 Å². The summed E-state index contributed by atoms with van der Waals surface area (Å²) in [5.41, 5.74) is 2.05. The number of hydrogen-bond acceptors (Lipinski definition) is 5. The van der Waals surface area contributed by atoms with Gasteiger partial charge in [-0.25, -0.2) is 9.97 Å². The summed E-state index contributed by atoms with van der Waals surface area (Å²) in [6.07, 6.45) is 4.57. The Kier molecular flexibility index (Phi) is 4.55. The number of aromatic nitrogens is 2. The number of fused-ring (bicyclic) bond motifs is 4. The van der Waals surface area contributed by atoms with Gasteiger partial charge in [0.1, 0.15) is 5.82 Å². The Hall–Kier alpha value is -1.63. The number of nitrogens with zero attached hydrogens (tertiary/aromatic N) is 3. The van der Waals surface area contributed by atoms with Crippen molar-refractivity contribution in [3.8, 4) is 0 Å². The fraction of sp³-hybridized carbons (Fsp3) is 0.647. The first-order chi connectivity index (χ1) is 11.3. The first-order valence-electron chi connectivity index (χ1n) is 8.24. The first kappa shape index (κ1) is 17.2. The Morgan fingerprint density at radius 1 is 1.33 bits per heavy atom. The van der Waals surface area contributed by atoms with Gasteiger partial charge in [-0.05, 0) is 12.8 Å². The van der Waals surface area contributed by atoms with Crippen molar-refractivity contribution in [1.82, 2.24) is 14.9 Å². The smallest absolute Gasteiger partial charge is 0.313 e. The van der Waals surface area contributed by atoms with Crippen LogP contribution in [0, 0.1) is 0 Å². The SMILES string of the molecule is CC(C)(C)c1ncc2c(n1)CC1CCC2N1C(=O)CSCC(=O)O. The van der Waals surface area contributed by atoms with Gasteiger partial charge in [0.15, 0.2) is 0 Å². The van der Waals surface area contributed by atoms with Crippen LogP contribution < -0.4 is 0 Å². The van der Waals surface area contributed by atoms with Gasteiger partial charge >= 0.3 is 5.97 Å². The average molecular weight is 349 g/mol. The van der Waals surface area contributed by atoms with Gasteiger partial charge in [0.2, 0.25) is 5.91 Å². The highest BCUT2D eigenvalue weighted by molar-refractivity contribution is 8.00. The Bertz CT molecular complexity index is 672. The maximum absolute atomic E-state index is 12.5. The molecule has 130 valence electrons. The second-order valence-electron chi connectivity index (χ2n) is 7.48. The van der Waals surface area contributed by atoms with E-state index in [1.165, 1.54) is 0 Å². The second kappa shape index (κ2) is 6.35. The van der Waals surface area contributed by atoms with Crippen molar-refractivity contribution in [3.05, 3.63) is 23.3 Å². The van der Waals surface area contributed by atoms with E-state index in [0.29, 0.717) is 0 Å². The monoisotopic (exact) mass is 349 g/mol. The molecule has 1 fully saturated rings. The molecule has 7 heteroatoms. The molecule has 3 rings (SSSR count). The van der Waals surface area contributed by atoms with Crippen molar-refractivity contribution >= 4 is 23.6 Å². The van der Waals surface area contributed by atoms with Gasteiger partial charge in [-0.1, -0.05) is 20.8 Å². The zero-order valence-electron chi connectivity index (χ0n) is 14.3. The van der Waals surface area contributed by atoms with Gasteiger partial charge < -0.3 is 10.0 Å². The van der Waals surface area contributed by atoms with Gasteiger partial charge in [0.25, 0.3) is 0 Å². The third-order valence-electron chi connectivity index (χ3n) is 4.60. The molecule has 0 saturated carbocycles. The van der Waals surface area contributed by atoms with Crippen LogP contribution in [0.5, 0.6) is 0 Å². The summed E-state index contributed by atoms with van der Waals surface area (Å²) in [5, 5.41) is 8.71. The molecule has 24 heavy (non-hydrogen) atoms. The van der Waals surface area contributed by atoms with Gasteiger partial charge in [0, 0.05) is 29.6 Å². The van der Waals surface area contributed by atoms with Gasteiger partial charge in [0.05, 0.1) is 23.2 Å². The topological polar surface area (TPSA) is 83.4 Å². The quantitative estimate of drug-likeness (QED) is 0.897. The summed E-state index contributed by atoms with van der Waals surface area (Å²) < 4.78 is 0. The molecule has 1 amide bonds. The minimum absolute atomic E-state index is 0.0271. The molecular weight excluding hydrogens is 326 g/mol. The molecular formula is C17H23N3O3S. The van der Waals surface area contributed by atoms with Crippen molar-refractivity contribution in [2.45, 2.75) is 57.5 Å². The predicted molar refractivity (Wildman–Crippen MR) is 92.0 cm³/mol. The van der Waals surface area contributed by atoms with Crippen LogP contribution in [0.1, 0.15) is 56.7 Å². The largest absolute Gasteiger partial charge is 0.481 e. The Morgan fingerprint density at radius 2 is 2.08 bits per heavy atom. The number of carboxylic acid groups (broad SMARTS) is 1. The number of rotatable bonds is 4. The molecule has 1 saturated heterocycles. The maximum Gasteiger partial charge on any atom is 0.313 e. The zero-order chi connectivity index (χ0) is 17.5. The molecule has 0 aliphatic carbocycles. The Morgan fingerprint density at radius 3 is 2.75 bits per heavy atom. The number of amides is 1. The summed E-state index contributed by atoms with van der Waals surface area (Å²) in [7, 11) is 0. The summed E-state index contributed by atoms with van der Waals surface area (Å²) >= 11 is 1.16. The minimum atomic E-state index is -0.886. The molecule has 1 aromatic heterocycles. The van der Waals surface area contributed by atoms with Gasteiger partial charge in [-0.3, -0.25) is 9.59 Å². The molecule has 0 spiro atoms. The number of carbonyl (C=O) groups excluding carboxylic acids is 1. The molecule has 2 unspecified atom stereocenters. The molecule has 2 bridgehead atoms. The normalized spacial score (nSPS) is 22.4. The number of thioether (sulfide) groups is 1. The van der Waals surface area contributed by atoms with Crippen molar-refractivity contribution in [1.29, 1.82) is 0 Å². The highest BCUT2D eigenvalue weighted by atomic mass is 32.2. The molecule has 2 aliphatic rings. The summed E-state index contributed by atoms with van der Waals surface area (Å²) in [5.74, 6) is 0.165. The lowest BCUT2D eigenvalue weighted by Crippen LogP contribution is -2.43. The molecule has 3 heterocycles. The molecule has 6 nitrogen and oxygen atoms in total. The lowest BCUT2D eigenvalue weighted by Gasteiger charge is -2.36. The highest BCUT2D eigenvalue weighted by Crippen LogP contribution is 2.43. The summed E-state index contributed by atoms with van der Waals surface area (Å²) in [6, 6.07) is 0.230. The molecule has 2 atom stereocenters. The lowest BCUT2D eigenvalue weighted by molar-refractivity contribution is -0.134. The predicted octanol–water partition coefficient (Wildman–Crippen LogP) is 2.18. The zero-order valence-corrected chi connectivity index (χ0v) is 15.1. The van der Waals surface area contributed by atoms with E-state index in [4.69, 9.17) is 10.1 Å². The minimum Gasteiger partial charge on any atom is -0.481 e. The molecule has 0 aromatic carbocycles. The summed E-state index contributed by atoms with van der Waals surface area (Å²) in [4.78, 5) is 34.4. The van der Waals surface area contributed by atoms with Crippen LogP contribution in [0.3, 0.4) is 0 Å². The molecule has 1 aromatic rings.